The Hall–Kier alpha value is -1.35. The Bertz CT molecular complexity index is 1080. The Morgan fingerprint density at radius 3 is 2.61 bits per heavy atom. The van der Waals surface area contributed by atoms with Crippen molar-refractivity contribution in [3.8, 4) is 0 Å². The molecule has 0 saturated carbocycles. The second kappa shape index (κ2) is 7.48. The smallest absolute Gasteiger partial charge is 0.164 e. The summed E-state index contributed by atoms with van der Waals surface area (Å²) in [5.41, 5.74) is 1.01. The molecular formula is C18H14Cl2F2N2O2S2. The minimum Gasteiger partial charge on any atom is -0.312 e. The van der Waals surface area contributed by atoms with Crippen LogP contribution in [0.25, 0.3) is 0 Å². The maximum absolute atomic E-state index is 14.5. The van der Waals surface area contributed by atoms with Crippen molar-refractivity contribution < 1.29 is 17.2 Å². The molecule has 0 bridgehead atoms. The molecule has 0 unspecified atom stereocenters. The second-order valence-electron chi connectivity index (χ2n) is 6.63. The first-order valence-electron chi connectivity index (χ1n) is 8.33. The highest BCUT2D eigenvalue weighted by Crippen LogP contribution is 2.37. The highest BCUT2D eigenvalue weighted by Gasteiger charge is 2.47. The van der Waals surface area contributed by atoms with E-state index in [-0.39, 0.29) is 17.2 Å². The van der Waals surface area contributed by atoms with Gasteiger partial charge in [-0.3, -0.25) is 4.99 Å². The van der Waals surface area contributed by atoms with Crippen LogP contribution < -0.4 is 4.90 Å². The topological polar surface area (TPSA) is 49.7 Å². The molecular weight excluding hydrogens is 449 g/mol. The van der Waals surface area contributed by atoms with Crippen molar-refractivity contribution in [1.82, 2.24) is 0 Å². The Morgan fingerprint density at radius 1 is 1.11 bits per heavy atom. The summed E-state index contributed by atoms with van der Waals surface area (Å²) in [6.45, 7) is 0. The molecule has 0 aliphatic carbocycles. The van der Waals surface area contributed by atoms with Gasteiger partial charge in [0.15, 0.2) is 15.0 Å². The first kappa shape index (κ1) is 19.9. The quantitative estimate of drug-likeness (QED) is 0.671. The number of fused-ring (bicyclic) bond motifs is 1. The third-order valence-electron chi connectivity index (χ3n) is 4.63. The summed E-state index contributed by atoms with van der Waals surface area (Å²) < 4.78 is 51.9. The van der Waals surface area contributed by atoms with Gasteiger partial charge in [0.1, 0.15) is 11.6 Å². The molecule has 2 aromatic carbocycles. The standard InChI is InChI=1S/C18H14Cl2F2N2O2S2/c19-12-3-1-10(5-13(12)20)7-27-18-23-15-8-28(25,26)9-17(15)24(18)16-4-2-11(21)6-14(16)22/h1-6,15,17H,7-9H2/t15-,17+/m1/s1. The molecule has 4 rings (SSSR count). The molecule has 0 N–H and O–H groups in total. The first-order chi connectivity index (χ1) is 13.2. The van der Waals surface area contributed by atoms with Gasteiger partial charge in [-0.2, -0.15) is 0 Å². The molecule has 0 amide bonds. The molecule has 28 heavy (non-hydrogen) atoms. The van der Waals surface area contributed by atoms with Gasteiger partial charge in [0.05, 0.1) is 39.3 Å². The van der Waals surface area contributed by atoms with Gasteiger partial charge < -0.3 is 4.90 Å². The van der Waals surface area contributed by atoms with Gasteiger partial charge in [0.2, 0.25) is 0 Å². The average molecular weight is 463 g/mol. The molecule has 10 heteroatoms. The Kier molecular flexibility index (Phi) is 5.33. The van der Waals surface area contributed by atoms with Crippen LogP contribution in [0.5, 0.6) is 0 Å². The third kappa shape index (κ3) is 3.87. The van der Waals surface area contributed by atoms with E-state index in [0.717, 1.165) is 17.7 Å². The number of aliphatic imine (C=N–C) groups is 1. The molecule has 0 aromatic heterocycles. The molecule has 2 aliphatic rings. The maximum Gasteiger partial charge on any atom is 0.164 e. The van der Waals surface area contributed by atoms with Crippen LogP contribution in [-0.4, -0.2) is 37.2 Å². The molecule has 1 fully saturated rings. The molecule has 2 heterocycles. The van der Waals surface area contributed by atoms with Gasteiger partial charge >= 0.3 is 0 Å². The van der Waals surface area contributed by atoms with Gasteiger partial charge in [-0.1, -0.05) is 41.0 Å². The maximum atomic E-state index is 14.5. The Balaban J connectivity index is 1.64. The molecule has 2 aliphatic heterocycles. The van der Waals surface area contributed by atoms with Gasteiger partial charge in [0.25, 0.3) is 0 Å². The van der Waals surface area contributed by atoms with Gasteiger partial charge in [-0.05, 0) is 29.8 Å². The lowest BCUT2D eigenvalue weighted by molar-refractivity contribution is 0.577. The van der Waals surface area contributed by atoms with Crippen molar-refractivity contribution in [2.24, 2.45) is 4.99 Å². The fraction of sp³-hybridized carbons (Fsp3) is 0.278. The lowest BCUT2D eigenvalue weighted by Gasteiger charge is -2.26. The third-order valence-corrected chi connectivity index (χ3v) is 8.10. The largest absolute Gasteiger partial charge is 0.312 e. The number of hydrogen-bond donors (Lipinski definition) is 0. The van der Waals surface area contributed by atoms with E-state index in [4.69, 9.17) is 23.2 Å². The predicted molar refractivity (Wildman–Crippen MR) is 110 cm³/mol. The highest BCUT2D eigenvalue weighted by atomic mass is 35.5. The predicted octanol–water partition coefficient (Wildman–Crippen LogP) is 4.55. The van der Waals surface area contributed by atoms with E-state index in [0.29, 0.717) is 21.0 Å². The number of anilines is 1. The van der Waals surface area contributed by atoms with Crippen LogP contribution in [0.4, 0.5) is 14.5 Å². The van der Waals surface area contributed by atoms with Crippen LogP contribution in [0.2, 0.25) is 10.0 Å². The fourth-order valence-corrected chi connectivity index (χ4v) is 6.59. The number of thioether (sulfide) groups is 1. The number of hydrogen-bond acceptors (Lipinski definition) is 5. The van der Waals surface area contributed by atoms with Crippen LogP contribution in [0.1, 0.15) is 5.56 Å². The molecule has 4 nitrogen and oxygen atoms in total. The second-order valence-corrected chi connectivity index (χ2v) is 10.5. The monoisotopic (exact) mass is 462 g/mol. The number of amidine groups is 1. The SMILES string of the molecule is O=S1(=O)C[C@H]2N=C(SCc3ccc(Cl)c(Cl)c3)N(c3ccc(F)cc3F)[C@H]2C1. The Morgan fingerprint density at radius 2 is 1.89 bits per heavy atom. The zero-order valence-corrected chi connectivity index (χ0v) is 17.4. The van der Waals surface area contributed by atoms with Crippen molar-refractivity contribution >= 4 is 55.7 Å². The number of halogens is 4. The summed E-state index contributed by atoms with van der Waals surface area (Å²) in [6.07, 6.45) is 0. The summed E-state index contributed by atoms with van der Waals surface area (Å²) in [6, 6.07) is 7.53. The van der Waals surface area contributed by atoms with Gasteiger partial charge in [-0.25, -0.2) is 17.2 Å². The summed E-state index contributed by atoms with van der Waals surface area (Å²) in [5, 5.41) is 1.38. The lowest BCUT2D eigenvalue weighted by Crippen LogP contribution is -2.39. The molecule has 1 saturated heterocycles. The zero-order chi connectivity index (χ0) is 20.1. The van der Waals surface area contributed by atoms with Crippen LogP contribution in [-0.2, 0) is 15.6 Å². The number of benzene rings is 2. The van der Waals surface area contributed by atoms with E-state index in [9.17, 15) is 17.2 Å². The summed E-state index contributed by atoms with van der Waals surface area (Å²) in [4.78, 5) is 6.10. The van der Waals surface area contributed by atoms with E-state index in [1.54, 1.807) is 17.0 Å². The summed E-state index contributed by atoms with van der Waals surface area (Å²) >= 11 is 13.3. The van der Waals surface area contributed by atoms with Crippen molar-refractivity contribution in [2.45, 2.75) is 17.8 Å². The normalized spacial score (nSPS) is 23.0. The number of sulfone groups is 1. The summed E-state index contributed by atoms with van der Waals surface area (Å²) in [5.74, 6) is -1.16. The molecule has 2 aromatic rings. The van der Waals surface area contributed by atoms with Gasteiger partial charge in [0, 0.05) is 11.8 Å². The average Bonchev–Trinajstić information content (AvgIpc) is 3.08. The molecule has 0 spiro atoms. The van der Waals surface area contributed by atoms with Gasteiger partial charge in [-0.15, -0.1) is 0 Å². The van der Waals surface area contributed by atoms with Crippen LogP contribution >= 0.6 is 35.0 Å². The van der Waals surface area contributed by atoms with E-state index < -0.39 is 33.6 Å². The highest BCUT2D eigenvalue weighted by molar-refractivity contribution is 8.13. The van der Waals surface area contributed by atoms with E-state index in [1.165, 1.54) is 17.8 Å². The van der Waals surface area contributed by atoms with Crippen LogP contribution in [0.3, 0.4) is 0 Å². The minimum absolute atomic E-state index is 0.0756. The van der Waals surface area contributed by atoms with E-state index in [1.807, 2.05) is 6.07 Å². The van der Waals surface area contributed by atoms with Crippen molar-refractivity contribution in [3.05, 3.63) is 63.6 Å². The van der Waals surface area contributed by atoms with Crippen LogP contribution in [0, 0.1) is 11.6 Å². The van der Waals surface area contributed by atoms with Crippen molar-refractivity contribution in [1.29, 1.82) is 0 Å². The minimum atomic E-state index is -3.25. The Labute approximate surface area is 175 Å². The molecule has 148 valence electrons. The zero-order valence-electron chi connectivity index (χ0n) is 14.3. The van der Waals surface area contributed by atoms with Crippen LogP contribution in [0.15, 0.2) is 41.4 Å². The van der Waals surface area contributed by atoms with E-state index >= 15 is 0 Å². The first-order valence-corrected chi connectivity index (χ1v) is 11.9. The number of nitrogens with zero attached hydrogens (tertiary/aromatic N) is 2. The van der Waals surface area contributed by atoms with E-state index in [2.05, 4.69) is 4.99 Å². The van der Waals surface area contributed by atoms with Crippen molar-refractivity contribution in [3.63, 3.8) is 0 Å². The lowest BCUT2D eigenvalue weighted by atomic mass is 10.1. The fourth-order valence-electron chi connectivity index (χ4n) is 3.37. The number of rotatable bonds is 3. The molecule has 2 atom stereocenters. The van der Waals surface area contributed by atoms with Crippen molar-refractivity contribution in [2.75, 3.05) is 16.4 Å². The summed E-state index contributed by atoms with van der Waals surface area (Å²) in [7, 11) is -3.25. The molecule has 0 radical (unpaired) electrons.